The number of benzene rings is 1. The van der Waals surface area contributed by atoms with E-state index < -0.39 is 0 Å². The number of rotatable bonds is 2. The minimum atomic E-state index is 0.0295. The zero-order valence-electron chi connectivity index (χ0n) is 10.9. The molecule has 1 aromatic carbocycles. The van der Waals surface area contributed by atoms with Crippen LogP contribution in [-0.2, 0) is 5.41 Å². The number of aromatic nitrogens is 2. The van der Waals surface area contributed by atoms with Crippen LogP contribution in [0.4, 0.5) is 0 Å². The standard InChI is InChI=1S/C14H20N2O/c1-9(8-17)10-5-6-11-12(7-10)16-13(15-11)14(2,3)4/h5-7,9,17H,8H2,1-4H3,(H,15,16). The predicted molar refractivity (Wildman–Crippen MR) is 70.3 cm³/mol. The Morgan fingerprint density at radius 2 is 2.06 bits per heavy atom. The Labute approximate surface area is 102 Å². The molecule has 0 aliphatic carbocycles. The second-order valence-electron chi connectivity index (χ2n) is 5.70. The summed E-state index contributed by atoms with van der Waals surface area (Å²) in [5, 5.41) is 9.17. The van der Waals surface area contributed by atoms with E-state index in [9.17, 15) is 0 Å². The molecule has 17 heavy (non-hydrogen) atoms. The summed E-state index contributed by atoms with van der Waals surface area (Å²) in [6.45, 7) is 8.61. The molecule has 0 fully saturated rings. The molecule has 3 heteroatoms. The number of H-pyrrole nitrogens is 1. The second-order valence-corrected chi connectivity index (χ2v) is 5.70. The van der Waals surface area contributed by atoms with Gasteiger partial charge in [0.1, 0.15) is 5.82 Å². The quantitative estimate of drug-likeness (QED) is 0.836. The highest BCUT2D eigenvalue weighted by Crippen LogP contribution is 2.24. The van der Waals surface area contributed by atoms with Gasteiger partial charge in [-0.25, -0.2) is 4.98 Å². The third kappa shape index (κ3) is 2.34. The summed E-state index contributed by atoms with van der Waals surface area (Å²) < 4.78 is 0. The number of aliphatic hydroxyl groups is 1. The van der Waals surface area contributed by atoms with Crippen molar-refractivity contribution in [1.82, 2.24) is 9.97 Å². The molecule has 2 aromatic rings. The molecule has 1 atom stereocenters. The van der Waals surface area contributed by atoms with E-state index in [4.69, 9.17) is 5.11 Å². The smallest absolute Gasteiger partial charge is 0.112 e. The Hall–Kier alpha value is -1.35. The molecule has 1 unspecified atom stereocenters. The predicted octanol–water partition coefficient (Wildman–Crippen LogP) is 2.96. The van der Waals surface area contributed by atoms with Crippen LogP contribution in [0.1, 0.15) is 45.0 Å². The third-order valence-corrected chi connectivity index (χ3v) is 3.06. The second kappa shape index (κ2) is 4.15. The Bertz CT molecular complexity index is 522. The number of aromatic amines is 1. The number of hydrogen-bond acceptors (Lipinski definition) is 2. The van der Waals surface area contributed by atoms with Gasteiger partial charge in [0, 0.05) is 17.9 Å². The lowest BCUT2D eigenvalue weighted by molar-refractivity contribution is 0.273. The fourth-order valence-corrected chi connectivity index (χ4v) is 1.79. The fraction of sp³-hybridized carbons (Fsp3) is 0.500. The molecule has 2 rings (SSSR count). The van der Waals surface area contributed by atoms with Crippen molar-refractivity contribution >= 4 is 11.0 Å². The number of aliphatic hydroxyl groups excluding tert-OH is 1. The minimum absolute atomic E-state index is 0.0295. The fourth-order valence-electron chi connectivity index (χ4n) is 1.79. The first-order valence-corrected chi connectivity index (χ1v) is 6.03. The normalized spacial score (nSPS) is 14.2. The SMILES string of the molecule is CC(CO)c1ccc2nc(C(C)(C)C)[nH]c2c1. The molecule has 0 saturated heterocycles. The summed E-state index contributed by atoms with van der Waals surface area (Å²) >= 11 is 0. The Balaban J connectivity index is 2.48. The van der Waals surface area contributed by atoms with Gasteiger partial charge in [0.25, 0.3) is 0 Å². The van der Waals surface area contributed by atoms with E-state index in [1.807, 2.05) is 19.1 Å². The van der Waals surface area contributed by atoms with Gasteiger partial charge in [-0.2, -0.15) is 0 Å². The first kappa shape index (κ1) is 12.1. The van der Waals surface area contributed by atoms with Crippen LogP contribution in [-0.4, -0.2) is 21.7 Å². The summed E-state index contributed by atoms with van der Waals surface area (Å²) in [4.78, 5) is 7.95. The lowest BCUT2D eigenvalue weighted by Gasteiger charge is -2.13. The van der Waals surface area contributed by atoms with Crippen LogP contribution >= 0.6 is 0 Å². The van der Waals surface area contributed by atoms with Gasteiger partial charge in [-0.3, -0.25) is 0 Å². The maximum atomic E-state index is 9.17. The van der Waals surface area contributed by atoms with E-state index in [1.54, 1.807) is 0 Å². The molecule has 1 aromatic heterocycles. The molecule has 0 amide bonds. The van der Waals surface area contributed by atoms with Gasteiger partial charge >= 0.3 is 0 Å². The topological polar surface area (TPSA) is 48.9 Å². The van der Waals surface area contributed by atoms with Crippen LogP contribution in [0, 0.1) is 0 Å². The summed E-state index contributed by atoms with van der Waals surface area (Å²) in [7, 11) is 0. The van der Waals surface area contributed by atoms with Crippen LogP contribution in [0.5, 0.6) is 0 Å². The van der Waals surface area contributed by atoms with Crippen LogP contribution in [0.25, 0.3) is 11.0 Å². The first-order chi connectivity index (χ1) is 7.91. The maximum absolute atomic E-state index is 9.17. The monoisotopic (exact) mass is 232 g/mol. The van der Waals surface area contributed by atoms with Crippen LogP contribution < -0.4 is 0 Å². The van der Waals surface area contributed by atoms with Gasteiger partial charge < -0.3 is 10.1 Å². The molecular weight excluding hydrogens is 212 g/mol. The molecule has 0 spiro atoms. The Morgan fingerprint density at radius 3 is 2.65 bits per heavy atom. The van der Waals surface area contributed by atoms with Gasteiger partial charge in [0.15, 0.2) is 0 Å². The highest BCUT2D eigenvalue weighted by atomic mass is 16.3. The highest BCUT2D eigenvalue weighted by molar-refractivity contribution is 5.76. The Morgan fingerprint density at radius 1 is 1.35 bits per heavy atom. The average Bonchev–Trinajstić information content (AvgIpc) is 2.70. The van der Waals surface area contributed by atoms with Crippen LogP contribution in [0.15, 0.2) is 18.2 Å². The number of hydrogen-bond donors (Lipinski definition) is 2. The van der Waals surface area contributed by atoms with Crippen molar-refractivity contribution in [1.29, 1.82) is 0 Å². The molecule has 0 bridgehead atoms. The zero-order chi connectivity index (χ0) is 12.6. The van der Waals surface area contributed by atoms with Gasteiger partial charge in [-0.1, -0.05) is 33.8 Å². The molecule has 0 radical (unpaired) electrons. The van der Waals surface area contributed by atoms with Gasteiger partial charge in [-0.05, 0) is 17.7 Å². The largest absolute Gasteiger partial charge is 0.396 e. The lowest BCUT2D eigenvalue weighted by Crippen LogP contribution is -2.12. The van der Waals surface area contributed by atoms with Crippen molar-refractivity contribution in [3.05, 3.63) is 29.6 Å². The zero-order valence-corrected chi connectivity index (χ0v) is 10.9. The number of nitrogens with zero attached hydrogens (tertiary/aromatic N) is 1. The molecule has 2 N–H and O–H groups in total. The maximum Gasteiger partial charge on any atom is 0.112 e. The number of imidazole rings is 1. The first-order valence-electron chi connectivity index (χ1n) is 6.03. The van der Waals surface area contributed by atoms with E-state index in [0.717, 1.165) is 22.4 Å². The van der Waals surface area contributed by atoms with Crippen molar-refractivity contribution in [2.24, 2.45) is 0 Å². The summed E-state index contributed by atoms with van der Waals surface area (Å²) in [6, 6.07) is 6.14. The van der Waals surface area contributed by atoms with Gasteiger partial charge in [-0.15, -0.1) is 0 Å². The van der Waals surface area contributed by atoms with Crippen LogP contribution in [0.2, 0.25) is 0 Å². The van der Waals surface area contributed by atoms with Crippen molar-refractivity contribution < 1.29 is 5.11 Å². The molecule has 92 valence electrons. The minimum Gasteiger partial charge on any atom is -0.396 e. The van der Waals surface area contributed by atoms with E-state index in [0.29, 0.717) is 0 Å². The van der Waals surface area contributed by atoms with E-state index in [-0.39, 0.29) is 17.9 Å². The van der Waals surface area contributed by atoms with Crippen LogP contribution in [0.3, 0.4) is 0 Å². The molecule has 0 aliphatic rings. The van der Waals surface area contributed by atoms with Crippen molar-refractivity contribution in [2.75, 3.05) is 6.61 Å². The summed E-state index contributed by atoms with van der Waals surface area (Å²) in [5.74, 6) is 1.17. The van der Waals surface area contributed by atoms with Gasteiger partial charge in [0.05, 0.1) is 11.0 Å². The third-order valence-electron chi connectivity index (χ3n) is 3.06. The lowest BCUT2D eigenvalue weighted by atomic mass is 9.96. The molecule has 0 aliphatic heterocycles. The molecule has 1 heterocycles. The highest BCUT2D eigenvalue weighted by Gasteiger charge is 2.18. The van der Waals surface area contributed by atoms with E-state index >= 15 is 0 Å². The van der Waals surface area contributed by atoms with Gasteiger partial charge in [0.2, 0.25) is 0 Å². The van der Waals surface area contributed by atoms with E-state index in [1.165, 1.54) is 0 Å². The number of fused-ring (bicyclic) bond motifs is 1. The molecular formula is C14H20N2O. The average molecular weight is 232 g/mol. The summed E-state index contributed by atoms with van der Waals surface area (Å²) in [5.41, 5.74) is 3.21. The van der Waals surface area contributed by atoms with Crippen molar-refractivity contribution in [2.45, 2.75) is 39.0 Å². The van der Waals surface area contributed by atoms with E-state index in [2.05, 4.69) is 36.8 Å². The van der Waals surface area contributed by atoms with Crippen molar-refractivity contribution in [3.63, 3.8) is 0 Å². The van der Waals surface area contributed by atoms with Crippen molar-refractivity contribution in [3.8, 4) is 0 Å². The number of nitrogens with one attached hydrogen (secondary N) is 1. The molecule has 0 saturated carbocycles. The Kier molecular flexibility index (Phi) is 2.96. The molecule has 3 nitrogen and oxygen atoms in total. The summed E-state index contributed by atoms with van der Waals surface area (Å²) in [6.07, 6.45) is 0.